The summed E-state index contributed by atoms with van der Waals surface area (Å²) in [6.45, 7) is 3.96. The molecule has 2 aliphatic rings. The molecule has 1 fully saturated rings. The quantitative estimate of drug-likeness (QED) is 0.391. The Bertz CT molecular complexity index is 1600. The Kier molecular flexibility index (Phi) is 6.26. The van der Waals surface area contributed by atoms with Gasteiger partial charge in [0.15, 0.2) is 0 Å². The number of halogens is 1. The number of benzene rings is 1. The first-order chi connectivity index (χ1) is 18.5. The second kappa shape index (κ2) is 9.75. The third kappa shape index (κ3) is 3.99. The van der Waals surface area contributed by atoms with Crippen LogP contribution in [0.3, 0.4) is 0 Å². The largest absolute Gasteiger partial charge is 0.484 e. The number of pyridine rings is 3. The average molecular weight is 527 g/mol. The molecule has 0 aliphatic carbocycles. The molecule has 5 heterocycles. The Morgan fingerprint density at radius 2 is 1.97 bits per heavy atom. The number of rotatable bonds is 4. The zero-order chi connectivity index (χ0) is 26.4. The summed E-state index contributed by atoms with van der Waals surface area (Å²) in [4.78, 5) is 27.4. The summed E-state index contributed by atoms with van der Waals surface area (Å²) >= 11 is 6.23. The summed E-state index contributed by atoms with van der Waals surface area (Å²) in [6, 6.07) is 19.6. The molecule has 1 unspecified atom stereocenters. The minimum absolute atomic E-state index is 0.00772. The third-order valence-corrected chi connectivity index (χ3v) is 7.94. The molecule has 3 atom stereocenters. The molecule has 6 rings (SSSR count). The van der Waals surface area contributed by atoms with Crippen molar-refractivity contribution < 1.29 is 4.74 Å². The third-order valence-electron chi connectivity index (χ3n) is 7.69. The molecule has 2 aliphatic heterocycles. The van der Waals surface area contributed by atoms with E-state index in [0.717, 1.165) is 17.7 Å². The monoisotopic (exact) mass is 526 g/mol. The van der Waals surface area contributed by atoms with Gasteiger partial charge in [-0.2, -0.15) is 5.26 Å². The first kappa shape index (κ1) is 24.4. The van der Waals surface area contributed by atoms with E-state index in [-0.39, 0.29) is 23.7 Å². The smallest absolute Gasteiger partial charge is 0.295 e. The average Bonchev–Trinajstić information content (AvgIpc) is 2.96. The second-order valence-electron chi connectivity index (χ2n) is 9.80. The van der Waals surface area contributed by atoms with Crippen molar-refractivity contribution in [1.82, 2.24) is 19.4 Å². The number of fused-ring (bicyclic) bond motifs is 5. The van der Waals surface area contributed by atoms with E-state index in [0.29, 0.717) is 52.9 Å². The first-order valence-electron chi connectivity index (χ1n) is 12.8. The molecule has 9 heteroatoms. The Morgan fingerprint density at radius 3 is 2.68 bits per heavy atom. The van der Waals surface area contributed by atoms with Crippen molar-refractivity contribution in [2.45, 2.75) is 31.5 Å². The van der Waals surface area contributed by atoms with Crippen molar-refractivity contribution >= 4 is 28.3 Å². The Hall–Kier alpha value is -3.93. The zero-order valence-electron chi connectivity index (χ0n) is 21.2. The predicted molar refractivity (Wildman–Crippen MR) is 147 cm³/mol. The van der Waals surface area contributed by atoms with Crippen LogP contribution in [0.2, 0.25) is 5.02 Å². The van der Waals surface area contributed by atoms with Gasteiger partial charge in [-0.05, 0) is 48.4 Å². The molecule has 3 aromatic heterocycles. The van der Waals surface area contributed by atoms with Gasteiger partial charge in [0.1, 0.15) is 29.6 Å². The van der Waals surface area contributed by atoms with E-state index >= 15 is 0 Å². The second-order valence-corrected chi connectivity index (χ2v) is 10.2. The molecular formula is C29H27ClN6O2. The fourth-order valence-corrected chi connectivity index (χ4v) is 5.91. The highest BCUT2D eigenvalue weighted by Crippen LogP contribution is 2.41. The highest BCUT2D eigenvalue weighted by molar-refractivity contribution is 6.30. The van der Waals surface area contributed by atoms with Gasteiger partial charge >= 0.3 is 0 Å². The number of piperazine rings is 1. The van der Waals surface area contributed by atoms with Gasteiger partial charge in [0, 0.05) is 37.4 Å². The number of anilines is 1. The van der Waals surface area contributed by atoms with Gasteiger partial charge in [-0.3, -0.25) is 14.7 Å². The summed E-state index contributed by atoms with van der Waals surface area (Å²) in [7, 11) is 1.71. The van der Waals surface area contributed by atoms with Gasteiger partial charge in [0.05, 0.1) is 23.3 Å². The molecule has 0 N–H and O–H groups in total. The highest BCUT2D eigenvalue weighted by Gasteiger charge is 2.43. The predicted octanol–water partition coefficient (Wildman–Crippen LogP) is 4.30. The fourth-order valence-electron chi connectivity index (χ4n) is 5.79. The van der Waals surface area contributed by atoms with Crippen LogP contribution in [-0.2, 0) is 7.05 Å². The fraction of sp³-hybridized carbons (Fsp3) is 0.310. The zero-order valence-corrected chi connectivity index (χ0v) is 22.0. The number of hydrogen-bond acceptors (Lipinski definition) is 7. The van der Waals surface area contributed by atoms with Crippen LogP contribution < -0.4 is 15.2 Å². The van der Waals surface area contributed by atoms with E-state index in [4.69, 9.17) is 21.3 Å². The van der Waals surface area contributed by atoms with Crippen molar-refractivity contribution in [3.63, 3.8) is 0 Å². The van der Waals surface area contributed by atoms with E-state index in [1.54, 1.807) is 23.7 Å². The minimum atomic E-state index is -0.194. The van der Waals surface area contributed by atoms with Crippen LogP contribution in [0.25, 0.3) is 11.0 Å². The molecule has 0 bridgehead atoms. The summed E-state index contributed by atoms with van der Waals surface area (Å²) in [5.74, 6) is 0.307. The van der Waals surface area contributed by atoms with Gasteiger partial charge in [0.25, 0.3) is 5.56 Å². The molecule has 8 nitrogen and oxygen atoms in total. The van der Waals surface area contributed by atoms with E-state index in [1.165, 1.54) is 0 Å². The Labute approximate surface area is 225 Å². The van der Waals surface area contributed by atoms with Crippen LogP contribution in [0.15, 0.2) is 65.6 Å². The summed E-state index contributed by atoms with van der Waals surface area (Å²) in [6.07, 6.45) is 2.73. The number of hydrogen-bond donors (Lipinski definition) is 0. The molecule has 38 heavy (non-hydrogen) atoms. The van der Waals surface area contributed by atoms with E-state index in [1.807, 2.05) is 30.5 Å². The van der Waals surface area contributed by atoms with Crippen LogP contribution in [0.1, 0.15) is 36.3 Å². The molecule has 1 aromatic carbocycles. The molecule has 0 spiro atoms. The van der Waals surface area contributed by atoms with Gasteiger partial charge in [-0.1, -0.05) is 36.7 Å². The highest BCUT2D eigenvalue weighted by atomic mass is 35.5. The topological polar surface area (TPSA) is 87.3 Å². The number of nitriles is 1. The maximum Gasteiger partial charge on any atom is 0.295 e. The number of aryl methyl sites for hydroxylation is 1. The maximum atomic E-state index is 13.3. The van der Waals surface area contributed by atoms with Gasteiger partial charge in [-0.15, -0.1) is 0 Å². The van der Waals surface area contributed by atoms with E-state index in [2.05, 4.69) is 46.0 Å². The molecular weight excluding hydrogens is 500 g/mol. The molecule has 0 saturated carbocycles. The molecule has 1 saturated heterocycles. The number of ether oxygens (including phenoxy) is 1. The lowest BCUT2D eigenvalue weighted by molar-refractivity contribution is 0.0873. The van der Waals surface area contributed by atoms with Crippen molar-refractivity contribution in [3.05, 3.63) is 93.1 Å². The van der Waals surface area contributed by atoms with E-state index in [9.17, 15) is 10.1 Å². The van der Waals surface area contributed by atoms with Crippen molar-refractivity contribution in [1.29, 1.82) is 5.26 Å². The van der Waals surface area contributed by atoms with Gasteiger partial charge in [-0.25, -0.2) is 4.98 Å². The number of aromatic nitrogens is 3. The van der Waals surface area contributed by atoms with Crippen LogP contribution >= 0.6 is 11.6 Å². The summed E-state index contributed by atoms with van der Waals surface area (Å²) in [5, 5.41) is 10.2. The molecule has 0 radical (unpaired) electrons. The van der Waals surface area contributed by atoms with Crippen LogP contribution in [0.4, 0.5) is 5.69 Å². The SMILES string of the molecule is CC[C@@H]1CN2c3c(c(=O)n(C)c4ccc(C#N)nc34)OC[C@@H]2CN1C(c1ccc(Cl)cc1)c1ccccn1. The van der Waals surface area contributed by atoms with Crippen LogP contribution in [-0.4, -0.2) is 51.2 Å². The van der Waals surface area contributed by atoms with Crippen molar-refractivity contribution in [2.75, 3.05) is 24.6 Å². The van der Waals surface area contributed by atoms with Crippen molar-refractivity contribution in [3.8, 4) is 11.8 Å². The van der Waals surface area contributed by atoms with Crippen LogP contribution in [0, 0.1) is 11.3 Å². The van der Waals surface area contributed by atoms with Crippen molar-refractivity contribution in [2.24, 2.45) is 7.05 Å². The number of nitrogens with zero attached hydrogens (tertiary/aromatic N) is 6. The molecule has 4 aromatic rings. The molecule has 192 valence electrons. The van der Waals surface area contributed by atoms with Crippen LogP contribution in [0.5, 0.6) is 5.75 Å². The molecule has 0 amide bonds. The lowest BCUT2D eigenvalue weighted by Crippen LogP contribution is -2.62. The standard InChI is InChI=1S/C29H27ClN6O2/c1-3-21-15-36-22(16-35(21)26(23-6-4-5-13-32-23)18-7-9-19(30)10-8-18)17-38-28-27(36)25-24(34(2)29(28)37)12-11-20(14-31)33-25/h4-13,21-22,26H,3,15-17H2,1-2H3/t21-,22+,26?/m1/s1. The summed E-state index contributed by atoms with van der Waals surface area (Å²) < 4.78 is 7.70. The van der Waals surface area contributed by atoms with Gasteiger partial charge in [0.2, 0.25) is 5.75 Å². The lowest BCUT2D eigenvalue weighted by Gasteiger charge is -2.51. The first-order valence-corrected chi connectivity index (χ1v) is 13.1. The minimum Gasteiger partial charge on any atom is -0.484 e. The normalized spacial score (nSPS) is 19.8. The van der Waals surface area contributed by atoms with Gasteiger partial charge < -0.3 is 14.2 Å². The maximum absolute atomic E-state index is 13.3. The lowest BCUT2D eigenvalue weighted by atomic mass is 9.94. The van der Waals surface area contributed by atoms with E-state index < -0.39 is 0 Å². The Morgan fingerprint density at radius 1 is 1.16 bits per heavy atom. The Balaban J connectivity index is 1.46. The summed E-state index contributed by atoms with van der Waals surface area (Å²) in [5.41, 5.74) is 4.20.